The summed E-state index contributed by atoms with van der Waals surface area (Å²) in [6.45, 7) is 3.98. The Hall–Kier alpha value is -1.06. The Kier molecular flexibility index (Phi) is 10.9. The van der Waals surface area contributed by atoms with Gasteiger partial charge in [0.1, 0.15) is 6.54 Å². The lowest BCUT2D eigenvalue weighted by Gasteiger charge is -2.32. The van der Waals surface area contributed by atoms with Crippen LogP contribution in [0.15, 0.2) is 4.99 Å². The van der Waals surface area contributed by atoms with E-state index in [0.29, 0.717) is 17.9 Å². The molecule has 1 heterocycles. The summed E-state index contributed by atoms with van der Waals surface area (Å²) in [6.07, 6.45) is 11.6. The number of carbonyl (C=O) groups excluding carboxylic acids is 2. The Morgan fingerprint density at radius 2 is 1.65 bits per heavy atom. The highest BCUT2D eigenvalue weighted by Crippen LogP contribution is 2.27. The van der Waals surface area contributed by atoms with Crippen molar-refractivity contribution in [3.63, 3.8) is 0 Å². The summed E-state index contributed by atoms with van der Waals surface area (Å²) in [4.78, 5) is 33.2. The molecule has 3 rings (SSSR count). The van der Waals surface area contributed by atoms with Crippen LogP contribution in [0.4, 0.5) is 0 Å². The minimum Gasteiger partial charge on any atom is -0.353 e. The number of hydrogen-bond donors (Lipinski definition) is 2. The molecule has 0 radical (unpaired) electrons. The fraction of sp³-hybridized carbons (Fsp3) is 0.870. The third-order valence-corrected chi connectivity index (χ3v) is 7.10. The molecule has 3 aliphatic rings. The number of carbonyl (C=O) groups is 2. The molecule has 2 amide bonds. The van der Waals surface area contributed by atoms with Crippen molar-refractivity contribution in [2.45, 2.75) is 83.2 Å². The first-order valence-corrected chi connectivity index (χ1v) is 12.0. The Bertz CT molecular complexity index is 621. The largest absolute Gasteiger partial charge is 0.353 e. The fourth-order valence-electron chi connectivity index (χ4n) is 5.01. The maximum Gasteiger partial charge on any atom is 0.243 e. The van der Waals surface area contributed by atoms with E-state index in [9.17, 15) is 9.59 Å². The van der Waals surface area contributed by atoms with Crippen LogP contribution in [0.2, 0.25) is 0 Å². The van der Waals surface area contributed by atoms with Gasteiger partial charge in [-0.25, -0.2) is 4.99 Å². The maximum absolute atomic E-state index is 12.9. The minimum atomic E-state index is -0.00619. The topological polar surface area (TPSA) is 77.0 Å². The lowest BCUT2D eigenvalue weighted by molar-refractivity contribution is -0.135. The number of guanidine groups is 1. The van der Waals surface area contributed by atoms with Gasteiger partial charge in [0.15, 0.2) is 5.96 Å². The number of nitrogens with one attached hydrogen (secondary N) is 2. The Morgan fingerprint density at radius 3 is 2.32 bits per heavy atom. The van der Waals surface area contributed by atoms with E-state index < -0.39 is 0 Å². The second-order valence-corrected chi connectivity index (χ2v) is 9.71. The molecule has 3 unspecified atom stereocenters. The number of halogens is 1. The molecule has 8 heteroatoms. The van der Waals surface area contributed by atoms with E-state index in [1.54, 1.807) is 19.0 Å². The second kappa shape index (κ2) is 12.8. The van der Waals surface area contributed by atoms with Crippen molar-refractivity contribution in [2.75, 3.05) is 33.7 Å². The molecule has 1 saturated heterocycles. The zero-order valence-corrected chi connectivity index (χ0v) is 21.9. The highest BCUT2D eigenvalue weighted by molar-refractivity contribution is 14.0. The van der Waals surface area contributed by atoms with Gasteiger partial charge >= 0.3 is 0 Å². The first-order valence-electron chi connectivity index (χ1n) is 12.0. The van der Waals surface area contributed by atoms with Crippen molar-refractivity contribution in [3.05, 3.63) is 0 Å². The van der Waals surface area contributed by atoms with E-state index in [4.69, 9.17) is 0 Å². The van der Waals surface area contributed by atoms with Crippen LogP contribution < -0.4 is 10.6 Å². The van der Waals surface area contributed by atoms with Crippen LogP contribution in [0.3, 0.4) is 0 Å². The van der Waals surface area contributed by atoms with Crippen molar-refractivity contribution >= 4 is 41.8 Å². The van der Waals surface area contributed by atoms with Crippen LogP contribution in [0.5, 0.6) is 0 Å². The second-order valence-electron chi connectivity index (χ2n) is 9.71. The SMILES string of the molecule is CC1CCCCC1NC(=NCC(=O)N(C)C)NC1CCN(C(=O)C2CCCCC2)C1.I. The summed E-state index contributed by atoms with van der Waals surface area (Å²) in [5.74, 6) is 1.89. The van der Waals surface area contributed by atoms with Gasteiger partial charge in [-0.15, -0.1) is 24.0 Å². The molecule has 2 N–H and O–H groups in total. The summed E-state index contributed by atoms with van der Waals surface area (Å²) in [6, 6.07) is 0.581. The van der Waals surface area contributed by atoms with Crippen molar-refractivity contribution < 1.29 is 9.59 Å². The normalized spacial score (nSPS) is 27.4. The van der Waals surface area contributed by atoms with Gasteiger partial charge in [0.25, 0.3) is 0 Å². The van der Waals surface area contributed by atoms with Gasteiger partial charge in [0.05, 0.1) is 0 Å². The third kappa shape index (κ3) is 7.79. The highest BCUT2D eigenvalue weighted by atomic mass is 127. The molecule has 3 fully saturated rings. The van der Waals surface area contributed by atoms with Crippen LogP contribution >= 0.6 is 24.0 Å². The van der Waals surface area contributed by atoms with Crippen LogP contribution in [-0.2, 0) is 9.59 Å². The summed E-state index contributed by atoms with van der Waals surface area (Å²) < 4.78 is 0. The molecular formula is C23H42IN5O2. The van der Waals surface area contributed by atoms with Gasteiger partial charge in [-0.1, -0.05) is 39.0 Å². The highest BCUT2D eigenvalue weighted by Gasteiger charge is 2.32. The summed E-state index contributed by atoms with van der Waals surface area (Å²) in [5, 5.41) is 7.14. The van der Waals surface area contributed by atoms with Gasteiger partial charge < -0.3 is 20.4 Å². The number of likely N-dealkylation sites (tertiary alicyclic amines) is 1. The van der Waals surface area contributed by atoms with Crippen molar-refractivity contribution in [2.24, 2.45) is 16.8 Å². The lowest BCUT2D eigenvalue weighted by atomic mass is 9.86. The molecule has 3 atom stereocenters. The molecule has 0 spiro atoms. The van der Waals surface area contributed by atoms with Gasteiger partial charge in [-0.2, -0.15) is 0 Å². The van der Waals surface area contributed by atoms with Crippen molar-refractivity contribution in [3.8, 4) is 0 Å². The zero-order chi connectivity index (χ0) is 21.5. The fourth-order valence-corrected chi connectivity index (χ4v) is 5.01. The van der Waals surface area contributed by atoms with E-state index >= 15 is 0 Å². The number of amides is 2. The molecule has 2 aliphatic carbocycles. The summed E-state index contributed by atoms with van der Waals surface area (Å²) in [5.41, 5.74) is 0. The molecule has 7 nitrogen and oxygen atoms in total. The molecule has 0 aromatic rings. The number of aliphatic imine (C=N–C) groups is 1. The maximum atomic E-state index is 12.9. The van der Waals surface area contributed by atoms with Gasteiger partial charge in [0, 0.05) is 45.2 Å². The predicted molar refractivity (Wildman–Crippen MR) is 136 cm³/mol. The molecule has 0 aromatic heterocycles. The average Bonchev–Trinajstić information content (AvgIpc) is 3.21. The number of nitrogens with zero attached hydrogens (tertiary/aromatic N) is 3. The number of hydrogen-bond acceptors (Lipinski definition) is 3. The number of likely N-dealkylation sites (N-methyl/N-ethyl adjacent to an activating group) is 1. The Morgan fingerprint density at radius 1 is 0.968 bits per heavy atom. The monoisotopic (exact) mass is 547 g/mol. The quantitative estimate of drug-likeness (QED) is 0.315. The molecule has 178 valence electrons. The Balaban J connectivity index is 0.00000341. The van der Waals surface area contributed by atoms with E-state index in [0.717, 1.165) is 44.7 Å². The minimum absolute atomic E-state index is 0. The van der Waals surface area contributed by atoms with Gasteiger partial charge in [0.2, 0.25) is 11.8 Å². The molecular weight excluding hydrogens is 505 g/mol. The molecule has 0 bridgehead atoms. The standard InChI is InChI=1S/C23H41N5O2.HI/c1-17-9-7-8-12-20(17)26-23(24-15-21(29)27(2)3)25-19-13-14-28(16-19)22(30)18-10-5-4-6-11-18;/h17-20H,4-16H2,1-3H3,(H2,24,25,26);1H. The van der Waals surface area contributed by atoms with Crippen LogP contribution in [0.1, 0.15) is 71.1 Å². The molecule has 0 aromatic carbocycles. The van der Waals surface area contributed by atoms with Crippen LogP contribution in [0, 0.1) is 11.8 Å². The summed E-state index contributed by atoms with van der Waals surface area (Å²) >= 11 is 0. The zero-order valence-electron chi connectivity index (χ0n) is 19.6. The predicted octanol–water partition coefficient (Wildman–Crippen LogP) is 2.99. The smallest absolute Gasteiger partial charge is 0.243 e. The van der Waals surface area contributed by atoms with Crippen molar-refractivity contribution in [1.29, 1.82) is 0 Å². The van der Waals surface area contributed by atoms with Crippen LogP contribution in [-0.4, -0.2) is 73.4 Å². The molecule has 1 aliphatic heterocycles. The van der Waals surface area contributed by atoms with E-state index in [2.05, 4.69) is 22.5 Å². The van der Waals surface area contributed by atoms with Crippen molar-refractivity contribution in [1.82, 2.24) is 20.4 Å². The van der Waals surface area contributed by atoms with Gasteiger partial charge in [-0.05, 0) is 38.0 Å². The summed E-state index contributed by atoms with van der Waals surface area (Å²) in [7, 11) is 3.51. The average molecular weight is 548 g/mol. The lowest BCUT2D eigenvalue weighted by Crippen LogP contribution is -2.51. The number of rotatable bonds is 5. The molecule has 2 saturated carbocycles. The van der Waals surface area contributed by atoms with E-state index in [-0.39, 0.29) is 48.4 Å². The third-order valence-electron chi connectivity index (χ3n) is 7.10. The van der Waals surface area contributed by atoms with Gasteiger partial charge in [-0.3, -0.25) is 9.59 Å². The van der Waals surface area contributed by atoms with E-state index in [1.165, 1.54) is 38.5 Å². The van der Waals surface area contributed by atoms with Crippen LogP contribution in [0.25, 0.3) is 0 Å². The first-order chi connectivity index (χ1) is 14.4. The first kappa shape index (κ1) is 26.2. The van der Waals surface area contributed by atoms with E-state index in [1.807, 2.05) is 4.90 Å². The Labute approximate surface area is 205 Å². The molecule has 31 heavy (non-hydrogen) atoms.